The second kappa shape index (κ2) is 6.36. The molecule has 0 saturated carbocycles. The van der Waals surface area contributed by atoms with Crippen molar-refractivity contribution in [3.63, 3.8) is 0 Å². The second-order valence-corrected chi connectivity index (χ2v) is 3.78. The molecule has 0 aliphatic carbocycles. The molecule has 0 fully saturated rings. The lowest BCUT2D eigenvalue weighted by Gasteiger charge is -2.14. The van der Waals surface area contributed by atoms with Crippen molar-refractivity contribution in [2.75, 3.05) is 12.4 Å². The molecule has 0 aliphatic heterocycles. The maximum Gasteiger partial charge on any atom is 0.326 e. The van der Waals surface area contributed by atoms with Crippen LogP contribution in [0.3, 0.4) is 0 Å². The van der Waals surface area contributed by atoms with Crippen molar-refractivity contribution in [2.24, 2.45) is 0 Å². The second-order valence-electron chi connectivity index (χ2n) is 3.78. The monoisotopic (exact) mass is 284 g/mol. The molecule has 1 rings (SSSR count). The van der Waals surface area contributed by atoms with Gasteiger partial charge in [-0.05, 0) is 6.07 Å². The summed E-state index contributed by atoms with van der Waals surface area (Å²) in [6, 6.07) is 2.30. The van der Waals surface area contributed by atoms with E-state index < -0.39 is 29.3 Å². The van der Waals surface area contributed by atoms with Crippen molar-refractivity contribution in [2.45, 2.75) is 12.5 Å². The lowest BCUT2D eigenvalue weighted by molar-refractivity contribution is -0.385. The predicted octanol–water partition coefficient (Wildman–Crippen LogP) is 0.943. The van der Waals surface area contributed by atoms with Gasteiger partial charge in [0.05, 0.1) is 18.5 Å². The molecule has 0 radical (unpaired) electrons. The number of nitrogens with zero attached hydrogens (tertiary/aromatic N) is 1. The molecule has 1 unspecified atom stereocenters. The van der Waals surface area contributed by atoms with E-state index in [1.165, 1.54) is 19.2 Å². The fraction of sp³-hybridized carbons (Fsp3) is 0.273. The number of methoxy groups -OCH3 is 1. The highest BCUT2D eigenvalue weighted by Gasteiger charge is 2.22. The van der Waals surface area contributed by atoms with Crippen LogP contribution < -0.4 is 10.1 Å². The Morgan fingerprint density at radius 2 is 2.10 bits per heavy atom. The maximum atomic E-state index is 10.9. The van der Waals surface area contributed by atoms with Crippen LogP contribution >= 0.6 is 0 Å². The molecule has 0 amide bonds. The Morgan fingerprint density at radius 1 is 1.45 bits per heavy atom. The number of ether oxygens (including phenoxy) is 1. The van der Waals surface area contributed by atoms with Crippen molar-refractivity contribution in [1.29, 1.82) is 0 Å². The van der Waals surface area contributed by atoms with E-state index in [9.17, 15) is 19.7 Å². The summed E-state index contributed by atoms with van der Waals surface area (Å²) in [7, 11) is 1.23. The summed E-state index contributed by atoms with van der Waals surface area (Å²) in [5.41, 5.74) is -0.0655. The van der Waals surface area contributed by atoms with Gasteiger partial charge in [0.2, 0.25) is 0 Å². The molecule has 0 heterocycles. The van der Waals surface area contributed by atoms with Crippen molar-refractivity contribution < 1.29 is 29.5 Å². The first-order valence-corrected chi connectivity index (χ1v) is 5.38. The van der Waals surface area contributed by atoms with Crippen molar-refractivity contribution in [3.05, 3.63) is 28.3 Å². The predicted molar refractivity (Wildman–Crippen MR) is 66.9 cm³/mol. The number of rotatable bonds is 7. The van der Waals surface area contributed by atoms with Crippen LogP contribution in [0.2, 0.25) is 0 Å². The first kappa shape index (κ1) is 15.2. The SMILES string of the molecule is COc1cc(NC(CC(=O)O)C(=O)O)ccc1[N+](=O)[O-]. The third-order valence-corrected chi connectivity index (χ3v) is 2.39. The molecule has 1 atom stereocenters. The number of nitro groups is 1. The van der Waals surface area contributed by atoms with E-state index in [1.807, 2.05) is 0 Å². The van der Waals surface area contributed by atoms with Crippen LogP contribution in [0, 0.1) is 10.1 Å². The minimum Gasteiger partial charge on any atom is -0.490 e. The number of anilines is 1. The van der Waals surface area contributed by atoms with E-state index in [-0.39, 0.29) is 17.1 Å². The third kappa shape index (κ3) is 3.83. The Hall–Kier alpha value is -2.84. The van der Waals surface area contributed by atoms with Crippen LogP contribution in [0.1, 0.15) is 6.42 Å². The Kier molecular flexibility index (Phi) is 4.84. The van der Waals surface area contributed by atoms with Crippen molar-refractivity contribution >= 4 is 23.3 Å². The van der Waals surface area contributed by atoms with Gasteiger partial charge in [0.15, 0.2) is 5.75 Å². The average molecular weight is 284 g/mol. The summed E-state index contributed by atoms with van der Waals surface area (Å²) >= 11 is 0. The van der Waals surface area contributed by atoms with Crippen LogP contribution in [0.4, 0.5) is 11.4 Å². The maximum absolute atomic E-state index is 10.9. The highest BCUT2D eigenvalue weighted by atomic mass is 16.6. The molecule has 0 saturated heterocycles. The topological polar surface area (TPSA) is 139 Å². The van der Waals surface area contributed by atoms with Crippen LogP contribution in [-0.4, -0.2) is 40.2 Å². The fourth-order valence-corrected chi connectivity index (χ4v) is 1.49. The first-order chi connectivity index (χ1) is 9.35. The molecule has 1 aromatic rings. The zero-order valence-electron chi connectivity index (χ0n) is 10.4. The largest absolute Gasteiger partial charge is 0.490 e. The summed E-state index contributed by atoms with van der Waals surface area (Å²) in [5, 5.41) is 30.7. The molecule has 0 spiro atoms. The molecule has 0 aromatic heterocycles. The highest BCUT2D eigenvalue weighted by Crippen LogP contribution is 2.30. The van der Waals surface area contributed by atoms with Gasteiger partial charge >= 0.3 is 17.6 Å². The Morgan fingerprint density at radius 3 is 2.55 bits per heavy atom. The zero-order chi connectivity index (χ0) is 15.3. The Bertz CT molecular complexity index is 544. The molecule has 3 N–H and O–H groups in total. The van der Waals surface area contributed by atoms with E-state index in [2.05, 4.69) is 5.32 Å². The lowest BCUT2D eigenvalue weighted by atomic mass is 10.2. The number of carboxylic acid groups (broad SMARTS) is 2. The van der Waals surface area contributed by atoms with Gasteiger partial charge in [-0.3, -0.25) is 14.9 Å². The van der Waals surface area contributed by atoms with Gasteiger partial charge in [-0.1, -0.05) is 0 Å². The Labute approximate surface area is 112 Å². The van der Waals surface area contributed by atoms with E-state index >= 15 is 0 Å². The molecule has 1 aromatic carbocycles. The van der Waals surface area contributed by atoms with Gasteiger partial charge in [-0.2, -0.15) is 0 Å². The van der Waals surface area contributed by atoms with E-state index in [0.29, 0.717) is 0 Å². The van der Waals surface area contributed by atoms with E-state index in [4.69, 9.17) is 14.9 Å². The number of carbonyl (C=O) groups is 2. The molecule has 9 nitrogen and oxygen atoms in total. The number of hydrogen-bond acceptors (Lipinski definition) is 6. The normalized spacial score (nSPS) is 11.4. The number of benzene rings is 1. The van der Waals surface area contributed by atoms with Crippen LogP contribution in [-0.2, 0) is 9.59 Å². The van der Waals surface area contributed by atoms with Crippen LogP contribution in [0.25, 0.3) is 0 Å². The summed E-state index contributed by atoms with van der Waals surface area (Å²) in [6.07, 6.45) is -0.630. The molecule has 9 heteroatoms. The van der Waals surface area contributed by atoms with Gasteiger partial charge in [0, 0.05) is 17.8 Å². The van der Waals surface area contributed by atoms with Gasteiger partial charge in [0.25, 0.3) is 0 Å². The quantitative estimate of drug-likeness (QED) is 0.496. The third-order valence-electron chi connectivity index (χ3n) is 2.39. The van der Waals surface area contributed by atoms with Crippen molar-refractivity contribution in [3.8, 4) is 5.75 Å². The Balaban J connectivity index is 2.99. The van der Waals surface area contributed by atoms with Gasteiger partial charge in [-0.25, -0.2) is 4.79 Å². The summed E-state index contributed by atoms with van der Waals surface area (Å²) < 4.78 is 4.83. The highest BCUT2D eigenvalue weighted by molar-refractivity contribution is 5.83. The zero-order valence-corrected chi connectivity index (χ0v) is 10.4. The summed E-state index contributed by atoms with van der Waals surface area (Å²) in [5.74, 6) is -2.68. The molecular weight excluding hydrogens is 272 g/mol. The lowest BCUT2D eigenvalue weighted by Crippen LogP contribution is -2.31. The number of nitrogens with one attached hydrogen (secondary N) is 1. The number of aliphatic carboxylic acids is 2. The standard InChI is InChI=1S/C11H12N2O7/c1-20-9-4-6(2-3-8(9)13(18)19)12-7(11(16)17)5-10(14)15/h2-4,7,12H,5H2,1H3,(H,14,15)(H,16,17). The minimum atomic E-state index is -1.35. The number of nitro benzene ring substituents is 1. The number of carboxylic acids is 2. The average Bonchev–Trinajstić information content (AvgIpc) is 2.36. The minimum absolute atomic E-state index is 0.0561. The molecule has 0 bridgehead atoms. The first-order valence-electron chi connectivity index (χ1n) is 5.38. The van der Waals surface area contributed by atoms with Gasteiger partial charge < -0.3 is 20.3 Å². The van der Waals surface area contributed by atoms with E-state index in [0.717, 1.165) is 6.07 Å². The summed E-state index contributed by atoms with van der Waals surface area (Å²) in [6.45, 7) is 0. The van der Waals surface area contributed by atoms with Gasteiger partial charge in [-0.15, -0.1) is 0 Å². The fourth-order valence-electron chi connectivity index (χ4n) is 1.49. The molecular formula is C11H12N2O7. The molecule has 0 aliphatic rings. The number of hydrogen-bond donors (Lipinski definition) is 3. The molecule has 108 valence electrons. The smallest absolute Gasteiger partial charge is 0.326 e. The van der Waals surface area contributed by atoms with E-state index in [1.54, 1.807) is 0 Å². The molecule has 20 heavy (non-hydrogen) atoms. The van der Waals surface area contributed by atoms with Crippen LogP contribution in [0.5, 0.6) is 5.75 Å². The van der Waals surface area contributed by atoms with Crippen LogP contribution in [0.15, 0.2) is 18.2 Å². The van der Waals surface area contributed by atoms with Crippen molar-refractivity contribution in [1.82, 2.24) is 0 Å². The van der Waals surface area contributed by atoms with Gasteiger partial charge in [0.1, 0.15) is 6.04 Å². The summed E-state index contributed by atoms with van der Waals surface area (Å²) in [4.78, 5) is 31.5.